The minimum absolute atomic E-state index is 0.0635. The van der Waals surface area contributed by atoms with E-state index < -0.39 is 10.8 Å². The van der Waals surface area contributed by atoms with Crippen molar-refractivity contribution in [3.63, 3.8) is 0 Å². The van der Waals surface area contributed by atoms with Crippen LogP contribution in [0.4, 0.5) is 11.5 Å². The summed E-state index contributed by atoms with van der Waals surface area (Å²) in [5, 5.41) is 13.6. The Kier molecular flexibility index (Phi) is 4.18. The third-order valence-corrected chi connectivity index (χ3v) is 4.14. The molecule has 0 radical (unpaired) electrons. The molecule has 3 N–H and O–H groups in total. The molecule has 0 saturated carbocycles. The fourth-order valence-corrected chi connectivity index (χ4v) is 2.78. The third-order valence-electron chi connectivity index (χ3n) is 2.99. The predicted octanol–water partition coefficient (Wildman–Crippen LogP) is 2.18. The Balaban J connectivity index is 2.16. The average Bonchev–Trinajstić information content (AvgIpc) is 2.74. The molecule has 2 aromatic heterocycles. The normalized spacial score (nSPS) is 10.4. The summed E-state index contributed by atoms with van der Waals surface area (Å²) in [4.78, 5) is 28.2. The smallest absolute Gasteiger partial charge is 0.300 e. The first kappa shape index (κ1) is 14.9. The van der Waals surface area contributed by atoms with E-state index in [1.54, 1.807) is 11.3 Å². The van der Waals surface area contributed by atoms with E-state index in [1.807, 2.05) is 19.9 Å². The standard InChI is InChI=1S/C13H14N4O3S/c1-7-3-9(21-8(7)2)5-16-13(18)10-4-12(14)15-6-11(10)17(19)20/h3-4,6H,5H2,1-2H3,(H2,14,15)(H,16,18). The van der Waals surface area contributed by atoms with Crippen molar-refractivity contribution in [1.29, 1.82) is 0 Å². The van der Waals surface area contributed by atoms with E-state index in [2.05, 4.69) is 10.3 Å². The van der Waals surface area contributed by atoms with Gasteiger partial charge in [0.25, 0.3) is 11.6 Å². The maximum atomic E-state index is 12.1. The molecule has 0 spiro atoms. The maximum absolute atomic E-state index is 12.1. The zero-order chi connectivity index (χ0) is 15.6. The van der Waals surface area contributed by atoms with E-state index >= 15 is 0 Å². The van der Waals surface area contributed by atoms with Gasteiger partial charge in [-0.25, -0.2) is 4.98 Å². The number of carbonyl (C=O) groups is 1. The van der Waals surface area contributed by atoms with Crippen LogP contribution in [0.25, 0.3) is 0 Å². The summed E-state index contributed by atoms with van der Waals surface area (Å²) in [6.45, 7) is 4.31. The molecule has 7 nitrogen and oxygen atoms in total. The van der Waals surface area contributed by atoms with Gasteiger partial charge in [-0.2, -0.15) is 0 Å². The van der Waals surface area contributed by atoms with Crippen molar-refractivity contribution in [3.8, 4) is 0 Å². The van der Waals surface area contributed by atoms with Crippen molar-refractivity contribution in [2.75, 3.05) is 5.73 Å². The lowest BCUT2D eigenvalue weighted by Gasteiger charge is -2.05. The van der Waals surface area contributed by atoms with Gasteiger partial charge in [-0.05, 0) is 31.5 Å². The highest BCUT2D eigenvalue weighted by Crippen LogP contribution is 2.22. The molecule has 0 aliphatic carbocycles. The molecule has 0 aliphatic rings. The lowest BCUT2D eigenvalue weighted by atomic mass is 10.2. The molecule has 0 bridgehead atoms. The Morgan fingerprint density at radius 3 is 2.76 bits per heavy atom. The summed E-state index contributed by atoms with van der Waals surface area (Å²) in [5.74, 6) is -0.479. The first-order chi connectivity index (χ1) is 9.88. The van der Waals surface area contributed by atoms with Crippen LogP contribution in [-0.2, 0) is 6.54 Å². The largest absolute Gasteiger partial charge is 0.384 e. The van der Waals surface area contributed by atoms with Gasteiger partial charge in [0.2, 0.25) is 0 Å². The topological polar surface area (TPSA) is 111 Å². The highest BCUT2D eigenvalue weighted by atomic mass is 32.1. The predicted molar refractivity (Wildman–Crippen MR) is 80.3 cm³/mol. The van der Waals surface area contributed by atoms with Crippen LogP contribution in [-0.4, -0.2) is 15.8 Å². The number of nitrogens with zero attached hydrogens (tertiary/aromatic N) is 2. The second-order valence-electron chi connectivity index (χ2n) is 4.52. The number of hydrogen-bond acceptors (Lipinski definition) is 6. The molecule has 110 valence electrons. The molecule has 2 rings (SSSR count). The molecule has 1 amide bonds. The Bertz CT molecular complexity index is 692. The highest BCUT2D eigenvalue weighted by Gasteiger charge is 2.21. The van der Waals surface area contributed by atoms with Crippen LogP contribution in [0.5, 0.6) is 0 Å². The second-order valence-corrected chi connectivity index (χ2v) is 5.86. The Morgan fingerprint density at radius 1 is 1.48 bits per heavy atom. The number of aryl methyl sites for hydroxylation is 2. The van der Waals surface area contributed by atoms with Gasteiger partial charge in [-0.3, -0.25) is 14.9 Å². The van der Waals surface area contributed by atoms with E-state index in [1.165, 1.54) is 10.9 Å². The number of carbonyl (C=O) groups excluding carboxylic acids is 1. The number of nitro groups is 1. The van der Waals surface area contributed by atoms with Crippen molar-refractivity contribution in [1.82, 2.24) is 10.3 Å². The second kappa shape index (κ2) is 5.88. The molecule has 0 fully saturated rings. The quantitative estimate of drug-likeness (QED) is 0.664. The average molecular weight is 306 g/mol. The lowest BCUT2D eigenvalue weighted by molar-refractivity contribution is -0.385. The van der Waals surface area contributed by atoms with Crippen LogP contribution in [0.2, 0.25) is 0 Å². The Morgan fingerprint density at radius 2 is 2.19 bits per heavy atom. The minimum Gasteiger partial charge on any atom is -0.384 e. The molecule has 0 saturated heterocycles. The number of nitrogen functional groups attached to an aromatic ring is 1. The Hall–Kier alpha value is -2.48. The SMILES string of the molecule is Cc1cc(CNC(=O)c2cc(N)ncc2[N+](=O)[O-])sc1C. The van der Waals surface area contributed by atoms with Gasteiger partial charge < -0.3 is 11.1 Å². The zero-order valence-corrected chi connectivity index (χ0v) is 12.4. The van der Waals surface area contributed by atoms with E-state index in [0.29, 0.717) is 6.54 Å². The fraction of sp³-hybridized carbons (Fsp3) is 0.231. The Labute approximate surface area is 125 Å². The summed E-state index contributed by atoms with van der Waals surface area (Å²) in [6, 6.07) is 3.19. The lowest BCUT2D eigenvalue weighted by Crippen LogP contribution is -2.23. The maximum Gasteiger partial charge on any atom is 0.300 e. The van der Waals surface area contributed by atoms with Crippen molar-refractivity contribution in [2.24, 2.45) is 0 Å². The number of nitrogens with two attached hydrogens (primary N) is 1. The summed E-state index contributed by atoms with van der Waals surface area (Å²) >= 11 is 1.58. The van der Waals surface area contributed by atoms with Crippen LogP contribution >= 0.6 is 11.3 Å². The molecular weight excluding hydrogens is 292 g/mol. The first-order valence-corrected chi connectivity index (χ1v) is 6.94. The van der Waals surface area contributed by atoms with Crippen LogP contribution in [0, 0.1) is 24.0 Å². The zero-order valence-electron chi connectivity index (χ0n) is 11.5. The van der Waals surface area contributed by atoms with Crippen LogP contribution < -0.4 is 11.1 Å². The molecule has 8 heteroatoms. The van der Waals surface area contributed by atoms with E-state index in [4.69, 9.17) is 5.73 Å². The van der Waals surface area contributed by atoms with Crippen molar-refractivity contribution in [3.05, 3.63) is 49.3 Å². The van der Waals surface area contributed by atoms with E-state index in [0.717, 1.165) is 16.6 Å². The van der Waals surface area contributed by atoms with Gasteiger partial charge in [-0.1, -0.05) is 0 Å². The molecule has 0 aliphatic heterocycles. The first-order valence-electron chi connectivity index (χ1n) is 6.12. The summed E-state index contributed by atoms with van der Waals surface area (Å²) in [6.07, 6.45) is 0.990. The molecule has 21 heavy (non-hydrogen) atoms. The van der Waals surface area contributed by atoms with Crippen LogP contribution in [0.3, 0.4) is 0 Å². The molecule has 2 aromatic rings. The number of anilines is 1. The summed E-state index contributed by atoms with van der Waals surface area (Å²) < 4.78 is 0. The monoisotopic (exact) mass is 306 g/mol. The van der Waals surface area contributed by atoms with Crippen molar-refractivity contribution < 1.29 is 9.72 Å². The van der Waals surface area contributed by atoms with Gasteiger partial charge in [0.15, 0.2) is 0 Å². The fourth-order valence-electron chi connectivity index (χ4n) is 1.79. The molecule has 0 aromatic carbocycles. The minimum atomic E-state index is -0.652. The summed E-state index contributed by atoms with van der Waals surface area (Å²) in [7, 11) is 0. The van der Waals surface area contributed by atoms with E-state index in [9.17, 15) is 14.9 Å². The van der Waals surface area contributed by atoms with Crippen LogP contribution in [0.1, 0.15) is 25.7 Å². The van der Waals surface area contributed by atoms with Gasteiger partial charge in [0.05, 0.1) is 11.5 Å². The van der Waals surface area contributed by atoms with Gasteiger partial charge in [0.1, 0.15) is 17.6 Å². The number of hydrogen-bond donors (Lipinski definition) is 2. The number of pyridine rings is 1. The number of thiophene rings is 1. The molecule has 2 heterocycles. The third kappa shape index (κ3) is 3.34. The van der Waals surface area contributed by atoms with Gasteiger partial charge in [0, 0.05) is 9.75 Å². The molecule has 0 unspecified atom stereocenters. The molecular formula is C13H14N4O3S. The summed E-state index contributed by atoms with van der Waals surface area (Å²) in [5.41, 5.74) is 6.19. The van der Waals surface area contributed by atoms with Gasteiger partial charge >= 0.3 is 0 Å². The number of rotatable bonds is 4. The van der Waals surface area contributed by atoms with Crippen LogP contribution in [0.15, 0.2) is 18.3 Å². The number of aromatic nitrogens is 1. The van der Waals surface area contributed by atoms with Crippen molar-refractivity contribution in [2.45, 2.75) is 20.4 Å². The van der Waals surface area contributed by atoms with Crippen molar-refractivity contribution >= 4 is 28.7 Å². The molecule has 0 atom stereocenters. The number of nitrogens with one attached hydrogen (secondary N) is 1. The highest BCUT2D eigenvalue weighted by molar-refractivity contribution is 7.12. The number of amides is 1. The van der Waals surface area contributed by atoms with Gasteiger partial charge in [-0.15, -0.1) is 11.3 Å². The van der Waals surface area contributed by atoms with E-state index in [-0.39, 0.29) is 17.1 Å².